The zero-order chi connectivity index (χ0) is 21.9. The van der Waals surface area contributed by atoms with Crippen LogP contribution in [0.25, 0.3) is 0 Å². The first kappa shape index (κ1) is 21.4. The summed E-state index contributed by atoms with van der Waals surface area (Å²) in [5.74, 6) is 0.546. The fourth-order valence-electron chi connectivity index (χ4n) is 2.80. The van der Waals surface area contributed by atoms with Crippen molar-refractivity contribution in [1.29, 1.82) is 0 Å². The van der Waals surface area contributed by atoms with Gasteiger partial charge in [0.1, 0.15) is 18.1 Å². The smallest absolute Gasteiger partial charge is 0.338 e. The summed E-state index contributed by atoms with van der Waals surface area (Å²) in [6, 6.07) is 12.3. The van der Waals surface area contributed by atoms with Gasteiger partial charge in [0.25, 0.3) is 10.0 Å². The van der Waals surface area contributed by atoms with Gasteiger partial charge in [0.2, 0.25) is 0 Å². The molecule has 0 amide bonds. The summed E-state index contributed by atoms with van der Waals surface area (Å²) in [7, 11) is -0.902. The molecule has 0 radical (unpaired) electrons. The molecule has 0 aliphatic carbocycles. The van der Waals surface area contributed by atoms with E-state index >= 15 is 0 Å². The van der Waals surface area contributed by atoms with Crippen LogP contribution < -0.4 is 9.04 Å². The third kappa shape index (κ3) is 4.30. The summed E-state index contributed by atoms with van der Waals surface area (Å²) in [5, 5.41) is 3.81. The molecule has 0 N–H and O–H groups in total. The number of anilines is 1. The van der Waals surface area contributed by atoms with Crippen LogP contribution in [-0.4, -0.2) is 33.7 Å². The Balaban J connectivity index is 1.79. The molecule has 0 aliphatic heterocycles. The van der Waals surface area contributed by atoms with Crippen LogP contribution in [0.5, 0.6) is 5.75 Å². The number of sulfonamides is 1. The van der Waals surface area contributed by atoms with Crippen molar-refractivity contribution < 1.29 is 27.2 Å². The number of aryl methyl sites for hydroxylation is 2. The van der Waals surface area contributed by atoms with Crippen LogP contribution in [0.2, 0.25) is 0 Å². The molecule has 1 aromatic heterocycles. The molecule has 0 aliphatic rings. The van der Waals surface area contributed by atoms with E-state index in [1.807, 2.05) is 0 Å². The number of hydrogen-bond acceptors (Lipinski definition) is 7. The van der Waals surface area contributed by atoms with Crippen molar-refractivity contribution >= 4 is 21.7 Å². The minimum absolute atomic E-state index is 0.0112. The summed E-state index contributed by atoms with van der Waals surface area (Å²) in [4.78, 5) is 12.4. The minimum atomic E-state index is -3.88. The van der Waals surface area contributed by atoms with Crippen molar-refractivity contribution in [3.63, 3.8) is 0 Å². The van der Waals surface area contributed by atoms with E-state index < -0.39 is 16.0 Å². The van der Waals surface area contributed by atoms with E-state index in [1.165, 1.54) is 38.4 Å². The van der Waals surface area contributed by atoms with E-state index in [9.17, 15) is 13.2 Å². The lowest BCUT2D eigenvalue weighted by atomic mass is 10.2. The third-order valence-corrected chi connectivity index (χ3v) is 6.47. The van der Waals surface area contributed by atoms with Crippen molar-refractivity contribution in [3.05, 3.63) is 71.1 Å². The van der Waals surface area contributed by atoms with E-state index in [4.69, 9.17) is 14.0 Å². The molecule has 3 rings (SSSR count). The summed E-state index contributed by atoms with van der Waals surface area (Å²) in [6.45, 7) is 3.47. The Bertz CT molecular complexity index is 1130. The Morgan fingerprint density at radius 3 is 2.43 bits per heavy atom. The Morgan fingerprint density at radius 1 is 1.13 bits per heavy atom. The number of methoxy groups -OCH3 is 1. The summed E-state index contributed by atoms with van der Waals surface area (Å²) in [5.41, 5.74) is 1.91. The van der Waals surface area contributed by atoms with Crippen LogP contribution in [0.3, 0.4) is 0 Å². The normalized spacial score (nSPS) is 11.2. The van der Waals surface area contributed by atoms with Crippen molar-refractivity contribution in [1.82, 2.24) is 5.16 Å². The summed E-state index contributed by atoms with van der Waals surface area (Å²) >= 11 is 0. The molecule has 30 heavy (non-hydrogen) atoms. The number of carbonyl (C=O) groups excluding carboxylic acids is 1. The Hall–Kier alpha value is -3.33. The van der Waals surface area contributed by atoms with Crippen molar-refractivity contribution in [3.8, 4) is 5.75 Å². The molecule has 0 bridgehead atoms. The van der Waals surface area contributed by atoms with Gasteiger partial charge in [-0.15, -0.1) is 0 Å². The van der Waals surface area contributed by atoms with E-state index in [0.29, 0.717) is 28.5 Å². The fourth-order valence-corrected chi connectivity index (χ4v) is 4.04. The number of ether oxygens (including phenoxy) is 2. The monoisotopic (exact) mass is 430 g/mol. The first-order valence-electron chi connectivity index (χ1n) is 9.06. The maximum absolute atomic E-state index is 13.0. The van der Waals surface area contributed by atoms with E-state index in [2.05, 4.69) is 5.16 Å². The molecule has 1 heterocycles. The molecule has 0 saturated heterocycles. The second kappa shape index (κ2) is 8.58. The fraction of sp³-hybridized carbons (Fsp3) is 0.238. The van der Waals surface area contributed by atoms with Crippen LogP contribution in [0.15, 0.2) is 57.9 Å². The molecule has 0 saturated carbocycles. The lowest BCUT2D eigenvalue weighted by Crippen LogP contribution is -2.26. The van der Waals surface area contributed by atoms with Crippen molar-refractivity contribution in [2.45, 2.75) is 25.3 Å². The Labute approximate surface area is 175 Å². The zero-order valence-electron chi connectivity index (χ0n) is 17.1. The van der Waals surface area contributed by atoms with Gasteiger partial charge in [-0.05, 0) is 56.3 Å². The topological polar surface area (TPSA) is 98.9 Å². The lowest BCUT2D eigenvalue weighted by molar-refractivity contribution is 0.0470. The first-order chi connectivity index (χ1) is 14.2. The average molecular weight is 430 g/mol. The van der Waals surface area contributed by atoms with Crippen LogP contribution in [0, 0.1) is 13.8 Å². The molecule has 3 aromatic rings. The second-order valence-corrected chi connectivity index (χ2v) is 8.55. The van der Waals surface area contributed by atoms with Gasteiger partial charge in [-0.2, -0.15) is 0 Å². The molecular weight excluding hydrogens is 408 g/mol. The molecule has 0 unspecified atom stereocenters. The quantitative estimate of drug-likeness (QED) is 0.529. The van der Waals surface area contributed by atoms with Gasteiger partial charge in [0, 0.05) is 7.05 Å². The highest BCUT2D eigenvalue weighted by Gasteiger charge is 2.23. The number of aromatic nitrogens is 1. The molecule has 0 fully saturated rings. The molecule has 0 spiro atoms. The molecule has 0 atom stereocenters. The Morgan fingerprint density at radius 2 is 1.83 bits per heavy atom. The highest BCUT2D eigenvalue weighted by Crippen LogP contribution is 2.25. The number of esters is 1. The van der Waals surface area contributed by atoms with Gasteiger partial charge >= 0.3 is 5.97 Å². The van der Waals surface area contributed by atoms with Crippen molar-refractivity contribution in [2.75, 3.05) is 18.5 Å². The van der Waals surface area contributed by atoms with E-state index in [-0.39, 0.29) is 17.1 Å². The van der Waals surface area contributed by atoms with E-state index in [0.717, 1.165) is 4.31 Å². The SMILES string of the molecule is COc1ccc(N(C)S(=O)(=O)c2cccc(C(=O)OCc3c(C)noc3C)c2)cc1. The maximum atomic E-state index is 13.0. The summed E-state index contributed by atoms with van der Waals surface area (Å²) < 4.78 is 42.6. The first-order valence-corrected chi connectivity index (χ1v) is 10.5. The highest BCUT2D eigenvalue weighted by molar-refractivity contribution is 7.92. The Kier molecular flexibility index (Phi) is 6.12. The molecular formula is C21H22N2O6S. The molecule has 9 heteroatoms. The maximum Gasteiger partial charge on any atom is 0.338 e. The molecule has 2 aromatic carbocycles. The number of nitrogens with zero attached hydrogens (tertiary/aromatic N) is 2. The van der Waals surface area contributed by atoms with Crippen LogP contribution >= 0.6 is 0 Å². The van der Waals surface area contributed by atoms with Gasteiger partial charge in [-0.3, -0.25) is 4.31 Å². The highest BCUT2D eigenvalue weighted by atomic mass is 32.2. The predicted molar refractivity (Wildman–Crippen MR) is 110 cm³/mol. The van der Waals surface area contributed by atoms with E-state index in [1.54, 1.807) is 38.1 Å². The number of benzene rings is 2. The molecule has 158 valence electrons. The number of hydrogen-bond donors (Lipinski definition) is 0. The molecule has 8 nitrogen and oxygen atoms in total. The third-order valence-electron chi connectivity index (χ3n) is 4.69. The largest absolute Gasteiger partial charge is 0.497 e. The van der Waals surface area contributed by atoms with Gasteiger partial charge in [-0.25, -0.2) is 13.2 Å². The predicted octanol–water partition coefficient (Wildman–Crippen LogP) is 3.48. The number of rotatable bonds is 7. The van der Waals surface area contributed by atoms with Gasteiger partial charge in [0.15, 0.2) is 0 Å². The van der Waals surface area contributed by atoms with Gasteiger partial charge in [-0.1, -0.05) is 11.2 Å². The van der Waals surface area contributed by atoms with Crippen LogP contribution in [-0.2, 0) is 21.4 Å². The van der Waals surface area contributed by atoms with Crippen LogP contribution in [0.4, 0.5) is 5.69 Å². The van der Waals surface area contributed by atoms with Gasteiger partial charge in [0.05, 0.1) is 34.5 Å². The standard InChI is InChI=1S/C21H22N2O6S/c1-14-20(15(2)29-22-14)13-28-21(24)16-6-5-7-19(12-16)30(25,26)23(3)17-8-10-18(27-4)11-9-17/h5-12H,13H2,1-4H3. The lowest BCUT2D eigenvalue weighted by Gasteiger charge is -2.20. The summed E-state index contributed by atoms with van der Waals surface area (Å²) in [6.07, 6.45) is 0. The number of carbonyl (C=O) groups is 1. The van der Waals surface area contributed by atoms with Crippen LogP contribution in [0.1, 0.15) is 27.4 Å². The zero-order valence-corrected chi connectivity index (χ0v) is 17.9. The van der Waals surface area contributed by atoms with Crippen molar-refractivity contribution in [2.24, 2.45) is 0 Å². The average Bonchev–Trinajstić information content (AvgIpc) is 3.08. The minimum Gasteiger partial charge on any atom is -0.497 e. The second-order valence-electron chi connectivity index (χ2n) is 6.58. The van der Waals surface area contributed by atoms with Gasteiger partial charge < -0.3 is 14.0 Å².